The Morgan fingerprint density at radius 1 is 1.19 bits per heavy atom. The van der Waals surface area contributed by atoms with E-state index in [1.807, 2.05) is 36.4 Å². The van der Waals surface area contributed by atoms with E-state index < -0.39 is 0 Å². The van der Waals surface area contributed by atoms with E-state index in [0.717, 1.165) is 35.7 Å². The second-order valence-corrected chi connectivity index (χ2v) is 8.85. The van der Waals surface area contributed by atoms with E-state index >= 15 is 0 Å². The predicted octanol–water partition coefficient (Wildman–Crippen LogP) is 4.66. The lowest BCUT2D eigenvalue weighted by molar-refractivity contribution is 0.0925. The maximum absolute atomic E-state index is 13.1. The van der Waals surface area contributed by atoms with Crippen LogP contribution in [0.2, 0.25) is 5.02 Å². The Bertz CT molecular complexity index is 1360. The maximum atomic E-state index is 13.1. The maximum Gasteiger partial charge on any atom is 0.251 e. The van der Waals surface area contributed by atoms with Gasteiger partial charge in [-0.15, -0.1) is 10.2 Å². The third-order valence-corrected chi connectivity index (χ3v) is 6.29. The van der Waals surface area contributed by atoms with Crippen LogP contribution in [0.1, 0.15) is 47.6 Å². The van der Waals surface area contributed by atoms with E-state index in [1.54, 1.807) is 18.3 Å². The van der Waals surface area contributed by atoms with Crippen LogP contribution >= 0.6 is 11.6 Å². The van der Waals surface area contributed by atoms with Gasteiger partial charge in [-0.1, -0.05) is 36.7 Å². The topological polar surface area (TPSA) is 107 Å². The first-order valence-corrected chi connectivity index (χ1v) is 12.3. The highest BCUT2D eigenvalue weighted by Crippen LogP contribution is 2.37. The zero-order chi connectivity index (χ0) is 24.9. The number of nitrogens with one attached hydrogen (secondary N) is 2. The summed E-state index contributed by atoms with van der Waals surface area (Å²) in [5.41, 5.74) is 3.00. The Hall–Kier alpha value is -3.98. The monoisotopic (exact) mass is 503 g/mol. The lowest BCUT2D eigenvalue weighted by atomic mass is 10.00. The van der Waals surface area contributed by atoms with Crippen LogP contribution in [0.25, 0.3) is 11.5 Å². The molecule has 5 rings (SSSR count). The molecular formula is C26H26ClN7O2. The van der Waals surface area contributed by atoms with Crippen molar-refractivity contribution < 1.29 is 9.53 Å². The Balaban J connectivity index is 1.29. The van der Waals surface area contributed by atoms with Gasteiger partial charge in [0.25, 0.3) is 5.91 Å². The molecule has 2 aromatic carbocycles. The number of para-hydroxylation sites is 1. The minimum atomic E-state index is -0.163. The van der Waals surface area contributed by atoms with Crippen LogP contribution in [-0.2, 0) is 13.1 Å². The third kappa shape index (κ3) is 5.01. The number of amides is 1. The van der Waals surface area contributed by atoms with Gasteiger partial charge in [0.05, 0.1) is 24.2 Å². The number of fused-ring (bicyclic) bond motifs is 1. The number of carbonyl (C=O) groups excluding carboxylic acids is 1. The summed E-state index contributed by atoms with van der Waals surface area (Å²) in [6.07, 6.45) is 4.80. The molecule has 2 N–H and O–H groups in total. The molecule has 1 amide bonds. The standard InChI is InChI=1S/C26H26ClN7O2/c1-2-12-34-23(32-33-25(34)22-9-11-28-16-30-22)15-29-18-6-3-5-17(14-18)26(35)31-21-10-13-36-24-19(21)7-4-8-20(24)27/h3-9,11,14,16,21,29H,2,10,12-13,15H2,1H3,(H,31,35)/t21-/m1/s1. The molecule has 36 heavy (non-hydrogen) atoms. The summed E-state index contributed by atoms with van der Waals surface area (Å²) in [6, 6.07) is 14.7. The SMILES string of the molecule is CCCn1c(CNc2cccc(C(=O)N[C@@H]3CCOc4c(Cl)cccc43)c2)nnc1-c1ccncn1. The molecular weight excluding hydrogens is 478 g/mol. The molecule has 2 aromatic heterocycles. The van der Waals surface area contributed by atoms with Gasteiger partial charge in [0.1, 0.15) is 17.8 Å². The number of ether oxygens (including phenoxy) is 1. The molecule has 9 nitrogen and oxygen atoms in total. The fourth-order valence-corrected chi connectivity index (χ4v) is 4.50. The second-order valence-electron chi connectivity index (χ2n) is 8.44. The summed E-state index contributed by atoms with van der Waals surface area (Å²) >= 11 is 6.27. The van der Waals surface area contributed by atoms with Crippen molar-refractivity contribution in [3.63, 3.8) is 0 Å². The van der Waals surface area contributed by atoms with Crippen LogP contribution in [0.4, 0.5) is 5.69 Å². The van der Waals surface area contributed by atoms with Gasteiger partial charge in [0, 0.05) is 36.0 Å². The average Bonchev–Trinajstić information content (AvgIpc) is 3.31. The summed E-state index contributed by atoms with van der Waals surface area (Å²) in [6.45, 7) is 3.82. The molecule has 0 radical (unpaired) electrons. The minimum absolute atomic E-state index is 0.156. The van der Waals surface area contributed by atoms with Crippen LogP contribution < -0.4 is 15.4 Å². The number of rotatable bonds is 8. The highest BCUT2D eigenvalue weighted by atomic mass is 35.5. The van der Waals surface area contributed by atoms with Crippen LogP contribution in [-0.4, -0.2) is 37.2 Å². The molecule has 1 atom stereocenters. The summed E-state index contributed by atoms with van der Waals surface area (Å²) in [7, 11) is 0. The first kappa shape index (κ1) is 23.7. The number of halogens is 1. The highest BCUT2D eigenvalue weighted by molar-refractivity contribution is 6.32. The first-order valence-electron chi connectivity index (χ1n) is 11.9. The van der Waals surface area contributed by atoms with Gasteiger partial charge in [-0.2, -0.15) is 0 Å². The molecule has 4 aromatic rings. The number of benzene rings is 2. The molecule has 3 heterocycles. The zero-order valence-corrected chi connectivity index (χ0v) is 20.6. The van der Waals surface area contributed by atoms with Crippen molar-refractivity contribution in [1.29, 1.82) is 0 Å². The van der Waals surface area contributed by atoms with Crippen LogP contribution in [0.15, 0.2) is 61.1 Å². The molecule has 0 unspecified atom stereocenters. The van der Waals surface area contributed by atoms with E-state index in [-0.39, 0.29) is 11.9 Å². The van der Waals surface area contributed by atoms with Crippen molar-refractivity contribution >= 4 is 23.2 Å². The Morgan fingerprint density at radius 3 is 2.92 bits per heavy atom. The van der Waals surface area contributed by atoms with Crippen molar-refractivity contribution in [2.45, 2.75) is 38.9 Å². The van der Waals surface area contributed by atoms with Crippen LogP contribution in [0.3, 0.4) is 0 Å². The summed E-state index contributed by atoms with van der Waals surface area (Å²) in [4.78, 5) is 21.4. The second kappa shape index (κ2) is 10.7. The number of carbonyl (C=O) groups is 1. The van der Waals surface area contributed by atoms with E-state index in [1.165, 1.54) is 6.33 Å². The third-order valence-electron chi connectivity index (χ3n) is 5.99. The molecule has 184 valence electrons. The van der Waals surface area contributed by atoms with E-state index in [0.29, 0.717) is 41.7 Å². The molecule has 0 aliphatic carbocycles. The summed E-state index contributed by atoms with van der Waals surface area (Å²) < 4.78 is 7.76. The highest BCUT2D eigenvalue weighted by Gasteiger charge is 2.25. The molecule has 1 aliphatic heterocycles. The number of nitrogens with zero attached hydrogens (tertiary/aromatic N) is 5. The lowest BCUT2D eigenvalue weighted by Crippen LogP contribution is -2.32. The number of anilines is 1. The normalized spacial score (nSPS) is 14.6. The molecule has 0 fully saturated rings. The van der Waals surface area contributed by atoms with Gasteiger partial charge in [0.15, 0.2) is 11.6 Å². The van der Waals surface area contributed by atoms with Crippen molar-refractivity contribution in [3.05, 3.63) is 83.0 Å². The molecule has 1 aliphatic rings. The lowest BCUT2D eigenvalue weighted by Gasteiger charge is -2.27. The minimum Gasteiger partial charge on any atom is -0.492 e. The van der Waals surface area contributed by atoms with Crippen molar-refractivity contribution in [2.24, 2.45) is 0 Å². The zero-order valence-electron chi connectivity index (χ0n) is 19.8. The van der Waals surface area contributed by atoms with E-state index in [4.69, 9.17) is 16.3 Å². The predicted molar refractivity (Wildman–Crippen MR) is 137 cm³/mol. The van der Waals surface area contributed by atoms with Crippen LogP contribution in [0.5, 0.6) is 5.75 Å². The smallest absolute Gasteiger partial charge is 0.251 e. The van der Waals surface area contributed by atoms with Gasteiger partial charge >= 0.3 is 0 Å². The molecule has 0 spiro atoms. The van der Waals surface area contributed by atoms with E-state index in [9.17, 15) is 4.79 Å². The van der Waals surface area contributed by atoms with Gasteiger partial charge in [-0.25, -0.2) is 9.97 Å². The molecule has 10 heteroatoms. The van der Waals surface area contributed by atoms with Crippen molar-refractivity contribution in [1.82, 2.24) is 30.0 Å². The largest absolute Gasteiger partial charge is 0.492 e. The first-order chi connectivity index (χ1) is 17.6. The quantitative estimate of drug-likeness (QED) is 0.360. The van der Waals surface area contributed by atoms with Crippen molar-refractivity contribution in [2.75, 3.05) is 11.9 Å². The van der Waals surface area contributed by atoms with Crippen molar-refractivity contribution in [3.8, 4) is 17.3 Å². The van der Waals surface area contributed by atoms with Gasteiger partial charge in [-0.3, -0.25) is 4.79 Å². The molecule has 0 saturated carbocycles. The average molecular weight is 504 g/mol. The van der Waals surface area contributed by atoms with E-state index in [2.05, 4.69) is 42.3 Å². The summed E-state index contributed by atoms with van der Waals surface area (Å²) in [5.74, 6) is 1.98. The summed E-state index contributed by atoms with van der Waals surface area (Å²) in [5, 5.41) is 15.8. The number of hydrogen-bond acceptors (Lipinski definition) is 7. The molecule has 0 saturated heterocycles. The fraction of sp³-hybridized carbons (Fsp3) is 0.269. The molecule has 0 bridgehead atoms. The Morgan fingerprint density at radius 2 is 2.08 bits per heavy atom. The van der Waals surface area contributed by atoms with Gasteiger partial charge in [0.2, 0.25) is 0 Å². The van der Waals surface area contributed by atoms with Crippen LogP contribution in [0, 0.1) is 0 Å². The number of hydrogen-bond donors (Lipinski definition) is 2. The fourth-order valence-electron chi connectivity index (χ4n) is 4.27. The van der Waals surface area contributed by atoms with Gasteiger partial charge < -0.3 is 19.9 Å². The Labute approximate surface area is 213 Å². The Kier molecular flexibility index (Phi) is 7.08. The van der Waals surface area contributed by atoms with Gasteiger partial charge in [-0.05, 0) is 36.8 Å². The number of aromatic nitrogens is 5.